The number of anilines is 1. The van der Waals surface area contributed by atoms with Gasteiger partial charge in [-0.1, -0.05) is 30.0 Å². The van der Waals surface area contributed by atoms with E-state index < -0.39 is 6.09 Å². The molecule has 2 aromatic carbocycles. The maximum absolute atomic E-state index is 11.6. The normalized spacial score (nSPS) is 9.09. The average molecular weight is 290 g/mol. The van der Waals surface area contributed by atoms with Crippen molar-refractivity contribution in [2.45, 2.75) is 6.92 Å². The Morgan fingerprint density at radius 2 is 1.91 bits per heavy atom. The van der Waals surface area contributed by atoms with E-state index in [4.69, 9.17) is 10.00 Å². The summed E-state index contributed by atoms with van der Waals surface area (Å²) in [5.74, 6) is 6.02. The quantitative estimate of drug-likeness (QED) is 0.861. The Morgan fingerprint density at radius 3 is 2.59 bits per heavy atom. The second kappa shape index (κ2) is 7.52. The maximum atomic E-state index is 11.6. The highest BCUT2D eigenvalue weighted by Gasteiger charge is 2.07. The number of benzene rings is 2. The number of hydrogen-bond acceptors (Lipinski definition) is 3. The zero-order valence-electron chi connectivity index (χ0n) is 12.1. The van der Waals surface area contributed by atoms with E-state index in [9.17, 15) is 4.79 Å². The molecule has 0 radical (unpaired) electrons. The van der Waals surface area contributed by atoms with Gasteiger partial charge in [0.25, 0.3) is 0 Å². The molecular weight excluding hydrogens is 276 g/mol. The molecule has 1 amide bonds. The fourth-order valence-corrected chi connectivity index (χ4v) is 1.76. The third-order valence-corrected chi connectivity index (χ3v) is 2.78. The van der Waals surface area contributed by atoms with Gasteiger partial charge in [-0.2, -0.15) is 5.26 Å². The highest BCUT2D eigenvalue weighted by atomic mass is 16.5. The van der Waals surface area contributed by atoms with Crippen LogP contribution in [0.3, 0.4) is 0 Å². The number of rotatable bonds is 2. The van der Waals surface area contributed by atoms with Gasteiger partial charge in [-0.3, -0.25) is 5.32 Å². The van der Waals surface area contributed by atoms with Crippen LogP contribution in [0, 0.1) is 23.2 Å². The molecule has 2 rings (SSSR count). The zero-order valence-corrected chi connectivity index (χ0v) is 12.1. The smallest absolute Gasteiger partial charge is 0.411 e. The summed E-state index contributed by atoms with van der Waals surface area (Å²) in [5, 5.41) is 11.6. The summed E-state index contributed by atoms with van der Waals surface area (Å²) in [7, 11) is 0. The lowest BCUT2D eigenvalue weighted by Crippen LogP contribution is -2.14. The first-order valence-corrected chi connectivity index (χ1v) is 6.78. The standard InChI is InChI=1S/C18H14N2O2/c1-2-22-18(21)20-17-12-15(13-19)9-11-16(17)10-8-14-6-4-3-5-7-14/h3-7,9,11-12H,2H2,1H3,(H,20,21). The van der Waals surface area contributed by atoms with Crippen LogP contribution in [0.2, 0.25) is 0 Å². The van der Waals surface area contributed by atoms with Crippen LogP contribution in [0.5, 0.6) is 0 Å². The van der Waals surface area contributed by atoms with E-state index in [-0.39, 0.29) is 6.61 Å². The lowest BCUT2D eigenvalue weighted by atomic mass is 10.1. The second-order valence-corrected chi connectivity index (χ2v) is 4.33. The summed E-state index contributed by atoms with van der Waals surface area (Å²) in [6.45, 7) is 2.00. The number of hydrogen-bond donors (Lipinski definition) is 1. The van der Waals surface area contributed by atoms with E-state index in [0.717, 1.165) is 5.56 Å². The van der Waals surface area contributed by atoms with Crippen molar-refractivity contribution < 1.29 is 9.53 Å². The average Bonchev–Trinajstić information content (AvgIpc) is 2.54. The molecule has 0 saturated heterocycles. The van der Waals surface area contributed by atoms with E-state index >= 15 is 0 Å². The van der Waals surface area contributed by atoms with Gasteiger partial charge >= 0.3 is 6.09 Å². The molecule has 22 heavy (non-hydrogen) atoms. The highest BCUT2D eigenvalue weighted by Crippen LogP contribution is 2.17. The summed E-state index contributed by atoms with van der Waals surface area (Å²) >= 11 is 0. The summed E-state index contributed by atoms with van der Waals surface area (Å²) < 4.78 is 4.86. The predicted octanol–water partition coefficient (Wildman–Crippen LogP) is 3.53. The minimum atomic E-state index is -0.569. The van der Waals surface area contributed by atoms with Crippen molar-refractivity contribution in [1.82, 2.24) is 0 Å². The van der Waals surface area contributed by atoms with Crippen LogP contribution in [0.15, 0.2) is 48.5 Å². The number of nitrogens with one attached hydrogen (secondary N) is 1. The van der Waals surface area contributed by atoms with Crippen molar-refractivity contribution in [2.24, 2.45) is 0 Å². The third kappa shape index (κ3) is 4.13. The van der Waals surface area contributed by atoms with E-state index in [1.807, 2.05) is 36.4 Å². The van der Waals surface area contributed by atoms with Crippen LogP contribution in [0.1, 0.15) is 23.6 Å². The molecule has 2 aromatic rings. The number of ether oxygens (including phenoxy) is 1. The molecule has 0 saturated carbocycles. The van der Waals surface area contributed by atoms with E-state index in [1.54, 1.807) is 25.1 Å². The maximum Gasteiger partial charge on any atom is 0.411 e. The van der Waals surface area contributed by atoms with Crippen LogP contribution in [0.4, 0.5) is 10.5 Å². The van der Waals surface area contributed by atoms with Gasteiger partial charge in [0.2, 0.25) is 0 Å². The lowest BCUT2D eigenvalue weighted by molar-refractivity contribution is 0.168. The Bertz CT molecular complexity index is 765. The number of nitrogens with zero attached hydrogens (tertiary/aromatic N) is 1. The first kappa shape index (κ1) is 15.2. The highest BCUT2D eigenvalue weighted by molar-refractivity contribution is 5.87. The molecule has 4 heteroatoms. The summed E-state index contributed by atoms with van der Waals surface area (Å²) in [5.41, 5.74) is 2.39. The largest absolute Gasteiger partial charge is 0.450 e. The third-order valence-electron chi connectivity index (χ3n) is 2.78. The number of carbonyl (C=O) groups is 1. The van der Waals surface area contributed by atoms with E-state index in [1.165, 1.54) is 0 Å². The van der Waals surface area contributed by atoms with Crippen molar-refractivity contribution in [3.8, 4) is 17.9 Å². The molecule has 0 aromatic heterocycles. The minimum Gasteiger partial charge on any atom is -0.450 e. The Morgan fingerprint density at radius 1 is 1.14 bits per heavy atom. The molecule has 0 aliphatic heterocycles. The van der Waals surface area contributed by atoms with Gasteiger partial charge in [-0.25, -0.2) is 4.79 Å². The molecule has 0 heterocycles. The van der Waals surface area contributed by atoms with Gasteiger partial charge in [-0.15, -0.1) is 0 Å². The van der Waals surface area contributed by atoms with Crippen molar-refractivity contribution in [1.29, 1.82) is 5.26 Å². The zero-order chi connectivity index (χ0) is 15.8. The van der Waals surface area contributed by atoms with Gasteiger partial charge in [-0.05, 0) is 37.3 Å². The van der Waals surface area contributed by atoms with Crippen LogP contribution in [-0.4, -0.2) is 12.7 Å². The SMILES string of the molecule is CCOC(=O)Nc1cc(C#N)ccc1C#Cc1ccccc1. The van der Waals surface area contributed by atoms with E-state index in [0.29, 0.717) is 16.8 Å². The van der Waals surface area contributed by atoms with Gasteiger partial charge in [0.05, 0.1) is 23.9 Å². The summed E-state index contributed by atoms with van der Waals surface area (Å²) in [4.78, 5) is 11.6. The Balaban J connectivity index is 2.32. The number of carbonyl (C=O) groups excluding carboxylic acids is 1. The van der Waals surface area contributed by atoms with Crippen LogP contribution in [-0.2, 0) is 4.74 Å². The second-order valence-electron chi connectivity index (χ2n) is 4.33. The molecule has 0 fully saturated rings. The number of nitriles is 1. The summed E-state index contributed by atoms with van der Waals surface area (Å²) in [6.07, 6.45) is -0.569. The van der Waals surface area contributed by atoms with Crippen LogP contribution < -0.4 is 5.32 Å². The van der Waals surface area contributed by atoms with Crippen molar-refractivity contribution >= 4 is 11.8 Å². The minimum absolute atomic E-state index is 0.273. The lowest BCUT2D eigenvalue weighted by Gasteiger charge is -2.07. The molecule has 0 unspecified atom stereocenters. The van der Waals surface area contributed by atoms with Gasteiger partial charge in [0, 0.05) is 11.1 Å². The molecule has 0 aliphatic carbocycles. The topological polar surface area (TPSA) is 62.1 Å². The molecule has 0 spiro atoms. The predicted molar refractivity (Wildman–Crippen MR) is 84.2 cm³/mol. The molecule has 4 nitrogen and oxygen atoms in total. The van der Waals surface area contributed by atoms with Crippen molar-refractivity contribution in [2.75, 3.05) is 11.9 Å². The molecule has 0 bridgehead atoms. The van der Waals surface area contributed by atoms with Gasteiger partial charge < -0.3 is 4.74 Å². The molecule has 0 aliphatic rings. The first-order valence-electron chi connectivity index (χ1n) is 6.78. The summed E-state index contributed by atoms with van der Waals surface area (Å²) in [6, 6.07) is 16.5. The fourth-order valence-electron chi connectivity index (χ4n) is 1.76. The van der Waals surface area contributed by atoms with Crippen LogP contribution in [0.25, 0.3) is 0 Å². The van der Waals surface area contributed by atoms with Crippen molar-refractivity contribution in [3.63, 3.8) is 0 Å². The molecule has 1 N–H and O–H groups in total. The Kier molecular flexibility index (Phi) is 5.18. The fraction of sp³-hybridized carbons (Fsp3) is 0.111. The monoisotopic (exact) mass is 290 g/mol. The van der Waals surface area contributed by atoms with Gasteiger partial charge in [0.15, 0.2) is 0 Å². The van der Waals surface area contributed by atoms with Crippen molar-refractivity contribution in [3.05, 3.63) is 65.2 Å². The van der Waals surface area contributed by atoms with Gasteiger partial charge in [0.1, 0.15) is 0 Å². The first-order chi connectivity index (χ1) is 10.7. The Hall–Kier alpha value is -3.24. The molecular formula is C18H14N2O2. The van der Waals surface area contributed by atoms with E-state index in [2.05, 4.69) is 17.2 Å². The van der Waals surface area contributed by atoms with Crippen LogP contribution >= 0.6 is 0 Å². The number of amides is 1. The molecule has 108 valence electrons. The molecule has 0 atom stereocenters. The Labute approximate surface area is 129 Å².